The van der Waals surface area contributed by atoms with Gasteiger partial charge in [-0.2, -0.15) is 0 Å². The van der Waals surface area contributed by atoms with E-state index in [0.717, 1.165) is 31.4 Å². The van der Waals surface area contributed by atoms with Crippen LogP contribution >= 0.6 is 0 Å². The van der Waals surface area contributed by atoms with Gasteiger partial charge in [-0.3, -0.25) is 14.8 Å². The van der Waals surface area contributed by atoms with Crippen LogP contribution in [0, 0.1) is 0 Å². The van der Waals surface area contributed by atoms with Gasteiger partial charge in [0, 0.05) is 43.7 Å². The fraction of sp³-hybridized carbons (Fsp3) is 0.368. The molecule has 1 heterocycles. The van der Waals surface area contributed by atoms with Crippen LogP contribution in [0.3, 0.4) is 0 Å². The summed E-state index contributed by atoms with van der Waals surface area (Å²) in [7, 11) is 1.87. The lowest BCUT2D eigenvalue weighted by atomic mass is 10.1. The third-order valence-electron chi connectivity index (χ3n) is 4.11. The Balaban J connectivity index is 1.72. The summed E-state index contributed by atoms with van der Waals surface area (Å²) in [5.41, 5.74) is 3.11. The maximum absolute atomic E-state index is 12.2. The molecule has 8 nitrogen and oxygen atoms in total. The van der Waals surface area contributed by atoms with Gasteiger partial charge in [-0.25, -0.2) is 15.4 Å². The summed E-state index contributed by atoms with van der Waals surface area (Å²) in [5, 5.41) is 11.3. The summed E-state index contributed by atoms with van der Waals surface area (Å²) in [4.78, 5) is 33.3. The van der Waals surface area contributed by atoms with Gasteiger partial charge < -0.3 is 10.2 Å². The van der Waals surface area contributed by atoms with E-state index in [1.54, 1.807) is 36.1 Å². The van der Waals surface area contributed by atoms with Crippen molar-refractivity contribution in [2.75, 3.05) is 18.5 Å². The van der Waals surface area contributed by atoms with Crippen LogP contribution in [-0.2, 0) is 4.79 Å². The fourth-order valence-electron chi connectivity index (χ4n) is 2.54. The Morgan fingerprint density at radius 1 is 1.04 bits per heavy atom. The molecular weight excluding hydrogens is 346 g/mol. The first-order valence-electron chi connectivity index (χ1n) is 8.94. The number of benzene rings is 1. The standard InChI is InChI=1S/C19H25N5O3/c1-24(19-21-13-6-14-22-19)16-10-8-15(9-11-16)18(26)20-12-5-3-2-4-7-17(25)23-27/h6,8-11,13-14,27H,2-5,7,12H2,1H3,(H,20,26)(H,23,25). The SMILES string of the molecule is CN(c1ccc(C(=O)NCCCCCCC(=O)NO)cc1)c1ncccn1. The number of rotatable bonds is 10. The van der Waals surface area contributed by atoms with Crippen LogP contribution < -0.4 is 15.7 Å². The highest BCUT2D eigenvalue weighted by Crippen LogP contribution is 2.19. The molecule has 27 heavy (non-hydrogen) atoms. The maximum Gasteiger partial charge on any atom is 0.251 e. The monoisotopic (exact) mass is 371 g/mol. The highest BCUT2D eigenvalue weighted by molar-refractivity contribution is 5.94. The van der Waals surface area contributed by atoms with Crippen LogP contribution in [0.2, 0.25) is 0 Å². The molecule has 0 bridgehead atoms. The van der Waals surface area contributed by atoms with Crippen molar-refractivity contribution in [3.8, 4) is 0 Å². The molecule has 0 saturated carbocycles. The number of hydroxylamine groups is 1. The van der Waals surface area contributed by atoms with Gasteiger partial charge in [0.05, 0.1) is 0 Å². The zero-order chi connectivity index (χ0) is 19.5. The minimum Gasteiger partial charge on any atom is -0.352 e. The molecule has 1 aromatic carbocycles. The number of unbranched alkanes of at least 4 members (excludes halogenated alkanes) is 3. The predicted molar refractivity (Wildman–Crippen MR) is 102 cm³/mol. The van der Waals surface area contributed by atoms with Crippen LogP contribution in [0.5, 0.6) is 0 Å². The Bertz CT molecular complexity index is 722. The van der Waals surface area contributed by atoms with E-state index in [4.69, 9.17) is 5.21 Å². The van der Waals surface area contributed by atoms with Crippen LogP contribution in [0.25, 0.3) is 0 Å². The molecule has 144 valence electrons. The number of amides is 2. The van der Waals surface area contributed by atoms with Crippen LogP contribution in [0.1, 0.15) is 42.5 Å². The minimum atomic E-state index is -0.365. The smallest absolute Gasteiger partial charge is 0.251 e. The Hall–Kier alpha value is -3.00. The Labute approximate surface area is 158 Å². The van der Waals surface area contributed by atoms with Crippen molar-refractivity contribution < 1.29 is 14.8 Å². The molecule has 2 aromatic rings. The number of anilines is 2. The Morgan fingerprint density at radius 2 is 1.70 bits per heavy atom. The molecule has 0 unspecified atom stereocenters. The number of carbonyl (C=O) groups is 2. The Kier molecular flexibility index (Phi) is 8.18. The molecule has 0 atom stereocenters. The molecule has 0 fully saturated rings. The lowest BCUT2D eigenvalue weighted by molar-refractivity contribution is -0.129. The van der Waals surface area contributed by atoms with Crippen molar-refractivity contribution in [1.29, 1.82) is 0 Å². The lowest BCUT2D eigenvalue weighted by Crippen LogP contribution is -2.24. The lowest BCUT2D eigenvalue weighted by Gasteiger charge is -2.17. The number of hydrogen-bond donors (Lipinski definition) is 3. The summed E-state index contributed by atoms with van der Waals surface area (Å²) in [6.45, 7) is 0.588. The summed E-state index contributed by atoms with van der Waals surface area (Å²) in [6, 6.07) is 9.03. The van der Waals surface area contributed by atoms with E-state index >= 15 is 0 Å². The molecular formula is C19H25N5O3. The molecule has 3 N–H and O–H groups in total. The van der Waals surface area contributed by atoms with Gasteiger partial charge in [-0.05, 0) is 43.2 Å². The summed E-state index contributed by atoms with van der Waals surface area (Å²) >= 11 is 0. The highest BCUT2D eigenvalue weighted by atomic mass is 16.5. The molecule has 0 aliphatic carbocycles. The number of carbonyl (C=O) groups excluding carboxylic acids is 2. The molecule has 1 aromatic heterocycles. The topological polar surface area (TPSA) is 107 Å². The number of aromatic nitrogens is 2. The van der Waals surface area contributed by atoms with E-state index in [1.165, 1.54) is 0 Å². The average Bonchev–Trinajstić information content (AvgIpc) is 2.72. The molecule has 0 spiro atoms. The van der Waals surface area contributed by atoms with Gasteiger partial charge in [-0.15, -0.1) is 0 Å². The second-order valence-corrected chi connectivity index (χ2v) is 6.11. The van der Waals surface area contributed by atoms with Gasteiger partial charge in [0.25, 0.3) is 5.91 Å². The zero-order valence-corrected chi connectivity index (χ0v) is 15.4. The highest BCUT2D eigenvalue weighted by Gasteiger charge is 2.09. The maximum atomic E-state index is 12.2. The first-order chi connectivity index (χ1) is 13.1. The molecule has 2 rings (SSSR count). The molecule has 0 aliphatic heterocycles. The van der Waals surface area contributed by atoms with Gasteiger partial charge in [0.15, 0.2) is 0 Å². The van der Waals surface area contributed by atoms with Gasteiger partial charge in [0.1, 0.15) is 0 Å². The largest absolute Gasteiger partial charge is 0.352 e. The van der Waals surface area contributed by atoms with Crippen molar-refractivity contribution in [3.05, 3.63) is 48.3 Å². The summed E-state index contributed by atoms with van der Waals surface area (Å²) in [6.07, 6.45) is 7.05. The Morgan fingerprint density at radius 3 is 2.37 bits per heavy atom. The second kappa shape index (κ2) is 10.9. The van der Waals surface area contributed by atoms with E-state index in [0.29, 0.717) is 24.5 Å². The van der Waals surface area contributed by atoms with Crippen molar-refractivity contribution in [3.63, 3.8) is 0 Å². The molecule has 0 saturated heterocycles. The van der Waals surface area contributed by atoms with Crippen molar-refractivity contribution in [1.82, 2.24) is 20.8 Å². The average molecular weight is 371 g/mol. The molecule has 8 heteroatoms. The molecule has 2 amide bonds. The third-order valence-corrected chi connectivity index (χ3v) is 4.11. The third kappa shape index (κ3) is 6.67. The molecule has 0 aliphatic rings. The van der Waals surface area contributed by atoms with Crippen molar-refractivity contribution in [2.45, 2.75) is 32.1 Å². The minimum absolute atomic E-state index is 0.111. The first-order valence-corrected chi connectivity index (χ1v) is 8.94. The zero-order valence-electron chi connectivity index (χ0n) is 15.4. The summed E-state index contributed by atoms with van der Waals surface area (Å²) < 4.78 is 0. The van der Waals surface area contributed by atoms with Gasteiger partial charge in [-0.1, -0.05) is 12.8 Å². The van der Waals surface area contributed by atoms with E-state index in [2.05, 4.69) is 15.3 Å². The van der Waals surface area contributed by atoms with Crippen LogP contribution in [-0.4, -0.2) is 40.6 Å². The van der Waals surface area contributed by atoms with Crippen LogP contribution in [0.4, 0.5) is 11.6 Å². The van der Waals surface area contributed by atoms with Crippen molar-refractivity contribution >= 4 is 23.5 Å². The molecule has 0 radical (unpaired) electrons. The van der Waals surface area contributed by atoms with E-state index in [-0.39, 0.29) is 11.8 Å². The normalized spacial score (nSPS) is 10.3. The quantitative estimate of drug-likeness (QED) is 0.336. The van der Waals surface area contributed by atoms with E-state index < -0.39 is 0 Å². The van der Waals surface area contributed by atoms with E-state index in [9.17, 15) is 9.59 Å². The summed E-state index contributed by atoms with van der Waals surface area (Å²) in [5.74, 6) is 0.113. The number of hydrogen-bond acceptors (Lipinski definition) is 6. The predicted octanol–water partition coefficient (Wildman–Crippen LogP) is 2.43. The number of nitrogens with one attached hydrogen (secondary N) is 2. The second-order valence-electron chi connectivity index (χ2n) is 6.11. The van der Waals surface area contributed by atoms with Crippen molar-refractivity contribution in [2.24, 2.45) is 0 Å². The number of nitrogens with zero attached hydrogens (tertiary/aromatic N) is 3. The van der Waals surface area contributed by atoms with Crippen LogP contribution in [0.15, 0.2) is 42.7 Å². The fourth-order valence-corrected chi connectivity index (χ4v) is 2.54. The first kappa shape index (κ1) is 20.3. The van der Waals surface area contributed by atoms with Gasteiger partial charge >= 0.3 is 0 Å². The van der Waals surface area contributed by atoms with Gasteiger partial charge in [0.2, 0.25) is 11.9 Å². The van der Waals surface area contributed by atoms with E-state index in [1.807, 2.05) is 24.1 Å².